The van der Waals surface area contributed by atoms with E-state index in [1.54, 1.807) is 41.8 Å². The Balaban J connectivity index is 1.37. The number of carbonyl (C=O) groups excluding carboxylic acids is 1. The lowest BCUT2D eigenvalue weighted by Gasteiger charge is -2.33. The van der Waals surface area contributed by atoms with Crippen LogP contribution < -0.4 is 10.1 Å². The van der Waals surface area contributed by atoms with E-state index in [1.165, 1.54) is 22.7 Å². The van der Waals surface area contributed by atoms with Gasteiger partial charge in [-0.1, -0.05) is 6.07 Å². The lowest BCUT2D eigenvalue weighted by Crippen LogP contribution is -2.44. The summed E-state index contributed by atoms with van der Waals surface area (Å²) < 4.78 is 19.8. The molecule has 0 aliphatic carbocycles. The molecule has 1 aliphatic heterocycles. The molecule has 3 heterocycles. The van der Waals surface area contributed by atoms with Crippen molar-refractivity contribution in [3.8, 4) is 11.5 Å². The first-order valence-corrected chi connectivity index (χ1v) is 9.97. The maximum atomic E-state index is 14.3. The SMILES string of the molecule is CC1c2ccsc2CCN1C(=O)NCc1ccc(Oc2cccnc2)c(F)c1. The molecule has 0 bridgehead atoms. The van der Waals surface area contributed by atoms with Gasteiger partial charge in [-0.3, -0.25) is 4.98 Å². The molecule has 144 valence electrons. The Morgan fingerprint density at radius 3 is 3.07 bits per heavy atom. The average Bonchev–Trinajstić information content (AvgIpc) is 3.19. The molecule has 0 radical (unpaired) electrons. The van der Waals surface area contributed by atoms with Crippen molar-refractivity contribution in [1.29, 1.82) is 0 Å². The summed E-state index contributed by atoms with van der Waals surface area (Å²) in [5, 5.41) is 4.96. The van der Waals surface area contributed by atoms with Gasteiger partial charge < -0.3 is 15.0 Å². The third-order valence-corrected chi connectivity index (χ3v) is 5.84. The van der Waals surface area contributed by atoms with Crippen LogP contribution in [-0.2, 0) is 13.0 Å². The standard InChI is InChI=1S/C21H20FN3O2S/c1-14-17-7-10-28-20(17)6-9-25(14)21(26)24-12-15-4-5-19(18(22)11-15)27-16-3-2-8-23-13-16/h2-5,7-8,10-11,13-14H,6,9,12H2,1H3,(H,24,26). The lowest BCUT2D eigenvalue weighted by atomic mass is 10.0. The number of carbonyl (C=O) groups is 1. The van der Waals surface area contributed by atoms with Gasteiger partial charge in [0.05, 0.1) is 12.2 Å². The first kappa shape index (κ1) is 18.4. The molecule has 7 heteroatoms. The molecule has 1 atom stereocenters. The predicted octanol–water partition coefficient (Wildman–Crippen LogP) is 4.90. The van der Waals surface area contributed by atoms with E-state index in [9.17, 15) is 9.18 Å². The quantitative estimate of drug-likeness (QED) is 0.681. The lowest BCUT2D eigenvalue weighted by molar-refractivity contribution is 0.175. The van der Waals surface area contributed by atoms with Crippen molar-refractivity contribution in [3.63, 3.8) is 0 Å². The Hall–Kier alpha value is -2.93. The van der Waals surface area contributed by atoms with Crippen molar-refractivity contribution < 1.29 is 13.9 Å². The minimum Gasteiger partial charge on any atom is -0.453 e. The van der Waals surface area contributed by atoms with E-state index in [1.807, 2.05) is 11.8 Å². The van der Waals surface area contributed by atoms with Crippen molar-refractivity contribution in [1.82, 2.24) is 15.2 Å². The number of nitrogens with one attached hydrogen (secondary N) is 1. The number of thiophene rings is 1. The fourth-order valence-corrected chi connectivity index (χ4v) is 4.30. The zero-order valence-electron chi connectivity index (χ0n) is 15.4. The first-order valence-electron chi connectivity index (χ1n) is 9.09. The molecule has 2 aromatic heterocycles. The number of halogens is 1. The number of urea groups is 1. The van der Waals surface area contributed by atoms with Crippen LogP contribution in [0.15, 0.2) is 54.2 Å². The molecule has 3 aromatic rings. The van der Waals surface area contributed by atoms with Gasteiger partial charge >= 0.3 is 6.03 Å². The number of ether oxygens (including phenoxy) is 1. The van der Waals surface area contributed by atoms with Crippen LogP contribution in [0.25, 0.3) is 0 Å². The highest BCUT2D eigenvalue weighted by molar-refractivity contribution is 7.10. The number of pyridine rings is 1. The highest BCUT2D eigenvalue weighted by Crippen LogP contribution is 2.32. The summed E-state index contributed by atoms with van der Waals surface area (Å²) in [6, 6.07) is 10.1. The molecule has 1 unspecified atom stereocenters. The molecule has 4 rings (SSSR count). The number of hydrogen-bond donors (Lipinski definition) is 1. The number of amides is 2. The number of aromatic nitrogens is 1. The fraction of sp³-hybridized carbons (Fsp3) is 0.238. The molecule has 1 aliphatic rings. The van der Waals surface area contributed by atoms with Gasteiger partial charge in [-0.2, -0.15) is 0 Å². The number of fused-ring (bicyclic) bond motifs is 1. The molecule has 0 saturated heterocycles. The van der Waals surface area contributed by atoms with Gasteiger partial charge in [0.2, 0.25) is 0 Å². The van der Waals surface area contributed by atoms with Crippen LogP contribution in [0.2, 0.25) is 0 Å². The van der Waals surface area contributed by atoms with Gasteiger partial charge in [-0.05, 0) is 60.2 Å². The van der Waals surface area contributed by atoms with Gasteiger partial charge in [0.25, 0.3) is 0 Å². The normalized spacial score (nSPS) is 15.8. The second-order valence-electron chi connectivity index (χ2n) is 6.63. The van der Waals surface area contributed by atoms with Crippen LogP contribution in [-0.4, -0.2) is 22.5 Å². The Morgan fingerprint density at radius 2 is 2.29 bits per heavy atom. The molecular formula is C21H20FN3O2S. The van der Waals surface area contributed by atoms with E-state index in [0.29, 0.717) is 17.9 Å². The smallest absolute Gasteiger partial charge is 0.318 e. The summed E-state index contributed by atoms with van der Waals surface area (Å²) >= 11 is 1.74. The minimum atomic E-state index is -0.482. The van der Waals surface area contributed by atoms with Crippen molar-refractivity contribution in [2.75, 3.05) is 6.54 Å². The molecule has 0 spiro atoms. The van der Waals surface area contributed by atoms with Crippen LogP contribution in [0.4, 0.5) is 9.18 Å². The summed E-state index contributed by atoms with van der Waals surface area (Å²) in [4.78, 5) is 19.7. The molecule has 0 fully saturated rings. The van der Waals surface area contributed by atoms with E-state index >= 15 is 0 Å². The van der Waals surface area contributed by atoms with Gasteiger partial charge in [0.1, 0.15) is 5.75 Å². The van der Waals surface area contributed by atoms with Crippen molar-refractivity contribution in [3.05, 3.63) is 76.0 Å². The number of rotatable bonds is 4. The highest BCUT2D eigenvalue weighted by Gasteiger charge is 2.28. The molecular weight excluding hydrogens is 377 g/mol. The summed E-state index contributed by atoms with van der Waals surface area (Å²) in [5.41, 5.74) is 1.89. The van der Waals surface area contributed by atoms with Gasteiger partial charge in [0, 0.05) is 24.2 Å². The zero-order valence-corrected chi connectivity index (χ0v) is 16.2. The van der Waals surface area contributed by atoms with Crippen LogP contribution in [0, 0.1) is 5.82 Å². The van der Waals surface area contributed by atoms with Crippen LogP contribution >= 0.6 is 11.3 Å². The second kappa shape index (κ2) is 7.98. The summed E-state index contributed by atoms with van der Waals surface area (Å²) in [5.74, 6) is 0.108. The van der Waals surface area contributed by atoms with Crippen LogP contribution in [0.5, 0.6) is 11.5 Å². The zero-order chi connectivity index (χ0) is 19.5. The maximum Gasteiger partial charge on any atom is 0.318 e. The van der Waals surface area contributed by atoms with Crippen molar-refractivity contribution >= 4 is 17.4 Å². The summed E-state index contributed by atoms with van der Waals surface area (Å²) in [6.45, 7) is 2.98. The van der Waals surface area contributed by atoms with Gasteiger partial charge in [-0.25, -0.2) is 9.18 Å². The van der Waals surface area contributed by atoms with Crippen molar-refractivity contribution in [2.24, 2.45) is 0 Å². The van der Waals surface area contributed by atoms with E-state index in [-0.39, 0.29) is 24.4 Å². The van der Waals surface area contributed by atoms with E-state index in [0.717, 1.165) is 6.42 Å². The Labute approximate surface area is 166 Å². The molecule has 1 aromatic carbocycles. The third kappa shape index (κ3) is 3.84. The maximum absolute atomic E-state index is 14.3. The number of hydrogen-bond acceptors (Lipinski definition) is 4. The molecule has 1 N–H and O–H groups in total. The molecule has 2 amide bonds. The number of nitrogens with zero attached hydrogens (tertiary/aromatic N) is 2. The van der Waals surface area contributed by atoms with E-state index in [2.05, 4.69) is 21.7 Å². The predicted molar refractivity (Wildman–Crippen MR) is 106 cm³/mol. The van der Waals surface area contributed by atoms with E-state index in [4.69, 9.17) is 4.74 Å². The van der Waals surface area contributed by atoms with Gasteiger partial charge in [0.15, 0.2) is 11.6 Å². The van der Waals surface area contributed by atoms with E-state index < -0.39 is 5.82 Å². The van der Waals surface area contributed by atoms with Crippen LogP contribution in [0.1, 0.15) is 29.0 Å². The minimum absolute atomic E-state index is 0.0435. The Kier molecular flexibility index (Phi) is 5.25. The summed E-state index contributed by atoms with van der Waals surface area (Å²) in [6.07, 6.45) is 4.02. The number of benzene rings is 1. The highest BCUT2D eigenvalue weighted by atomic mass is 32.1. The largest absolute Gasteiger partial charge is 0.453 e. The molecule has 28 heavy (non-hydrogen) atoms. The fourth-order valence-electron chi connectivity index (χ4n) is 3.34. The average molecular weight is 397 g/mol. The Bertz CT molecular complexity index is 977. The molecule has 0 saturated carbocycles. The third-order valence-electron chi connectivity index (χ3n) is 4.84. The topological polar surface area (TPSA) is 54.5 Å². The van der Waals surface area contributed by atoms with Crippen molar-refractivity contribution in [2.45, 2.75) is 25.9 Å². The van der Waals surface area contributed by atoms with Gasteiger partial charge in [-0.15, -0.1) is 11.3 Å². The molecule has 5 nitrogen and oxygen atoms in total. The summed E-state index contributed by atoms with van der Waals surface area (Å²) in [7, 11) is 0. The monoisotopic (exact) mass is 397 g/mol. The second-order valence-corrected chi connectivity index (χ2v) is 7.63. The first-order chi connectivity index (χ1) is 13.6. The Morgan fingerprint density at radius 1 is 1.39 bits per heavy atom. The van der Waals surface area contributed by atoms with Crippen LogP contribution in [0.3, 0.4) is 0 Å².